The Kier molecular flexibility index (Phi) is 3.50. The van der Waals surface area contributed by atoms with E-state index < -0.39 is 10.4 Å². The van der Waals surface area contributed by atoms with E-state index >= 15 is 0 Å². The van der Waals surface area contributed by atoms with Gasteiger partial charge in [-0.05, 0) is 85.0 Å². The lowest BCUT2D eigenvalue weighted by Gasteiger charge is -2.49. The lowest BCUT2D eigenvalue weighted by atomic mass is 9.56. The zero-order chi connectivity index (χ0) is 16.2. The minimum absolute atomic E-state index is 0.152. The zero-order valence-electron chi connectivity index (χ0n) is 13.5. The van der Waals surface area contributed by atoms with Crippen molar-refractivity contribution in [2.45, 2.75) is 57.8 Å². The Labute approximate surface area is 138 Å². The van der Waals surface area contributed by atoms with E-state index in [1.807, 2.05) is 6.07 Å². The second kappa shape index (κ2) is 5.21. The molecule has 126 valence electrons. The maximum Gasteiger partial charge on any atom is 0.262 e. The molecule has 4 atom stereocenters. The summed E-state index contributed by atoms with van der Waals surface area (Å²) in [5.41, 5.74) is 3.05. The molecule has 3 aliphatic rings. The molecule has 5 heteroatoms. The van der Waals surface area contributed by atoms with Crippen LogP contribution in [0.2, 0.25) is 0 Å². The third-order valence-corrected chi connectivity index (χ3v) is 7.07. The molecule has 0 spiro atoms. The van der Waals surface area contributed by atoms with Crippen molar-refractivity contribution in [2.75, 3.05) is 0 Å². The fraction of sp³-hybridized carbons (Fsp3) is 0.667. The summed E-state index contributed by atoms with van der Waals surface area (Å²) in [5, 5.41) is 0. The second-order valence-corrected chi connectivity index (χ2v) is 8.84. The first-order chi connectivity index (χ1) is 10.9. The van der Waals surface area contributed by atoms with E-state index in [4.69, 9.17) is 0 Å². The fourth-order valence-corrected chi connectivity index (χ4v) is 6.06. The van der Waals surface area contributed by atoms with E-state index in [-0.39, 0.29) is 5.75 Å². The van der Waals surface area contributed by atoms with Crippen molar-refractivity contribution >= 4 is 10.4 Å². The van der Waals surface area contributed by atoms with Crippen LogP contribution >= 0.6 is 0 Å². The Morgan fingerprint density at radius 3 is 2.83 bits per heavy atom. The number of hydrogen-bond acceptors (Lipinski definition) is 4. The minimum atomic E-state index is -4.70. The normalized spacial score (nSPS) is 36.0. The summed E-state index contributed by atoms with van der Waals surface area (Å²) >= 11 is 0. The Morgan fingerprint density at radius 2 is 2.04 bits per heavy atom. The predicted octanol–water partition coefficient (Wildman–Crippen LogP) is 3.77. The first-order valence-electron chi connectivity index (χ1n) is 8.64. The molecule has 1 aromatic carbocycles. The van der Waals surface area contributed by atoms with Crippen LogP contribution in [0.15, 0.2) is 18.2 Å². The van der Waals surface area contributed by atoms with Crippen molar-refractivity contribution in [3.8, 4) is 5.75 Å². The third-order valence-electron chi connectivity index (χ3n) is 6.68. The van der Waals surface area contributed by atoms with E-state index in [2.05, 4.69) is 11.1 Å². The Balaban J connectivity index is 1.64. The van der Waals surface area contributed by atoms with E-state index in [0.717, 1.165) is 23.8 Å². The van der Waals surface area contributed by atoms with E-state index in [9.17, 15) is 13.0 Å². The summed E-state index contributed by atoms with van der Waals surface area (Å²) in [5.74, 6) is 2.35. The van der Waals surface area contributed by atoms with Gasteiger partial charge in [-0.3, -0.25) is 0 Å². The average molecular weight is 335 g/mol. The summed E-state index contributed by atoms with van der Waals surface area (Å²) in [7, 11) is -4.70. The number of hydrogen-bond donors (Lipinski definition) is 0. The largest absolute Gasteiger partial charge is 0.716 e. The summed E-state index contributed by atoms with van der Waals surface area (Å²) in [6, 6.07) is 5.38. The zero-order valence-corrected chi connectivity index (χ0v) is 14.3. The van der Waals surface area contributed by atoms with Gasteiger partial charge in [0.05, 0.1) is 0 Å². The van der Waals surface area contributed by atoms with E-state index in [1.54, 1.807) is 12.1 Å². The van der Waals surface area contributed by atoms with Gasteiger partial charge in [-0.2, -0.15) is 0 Å². The summed E-state index contributed by atoms with van der Waals surface area (Å²) in [6.45, 7) is 2.48. The van der Waals surface area contributed by atoms with Gasteiger partial charge in [-0.1, -0.05) is 19.4 Å². The molecule has 4 rings (SSSR count). The highest BCUT2D eigenvalue weighted by Gasteiger charge is 2.50. The molecule has 3 aliphatic carbocycles. The van der Waals surface area contributed by atoms with Crippen molar-refractivity contribution in [3.63, 3.8) is 0 Å². The third kappa shape index (κ3) is 2.68. The SMILES string of the molecule is CC12CCCC1C1CCc3cc(OS(=O)(=O)[O-])ccc3C1CC2. The highest BCUT2D eigenvalue weighted by atomic mass is 32.3. The van der Waals surface area contributed by atoms with Crippen molar-refractivity contribution < 1.29 is 17.2 Å². The van der Waals surface area contributed by atoms with Crippen LogP contribution in [-0.2, 0) is 16.8 Å². The predicted molar refractivity (Wildman–Crippen MR) is 86.0 cm³/mol. The molecule has 0 amide bonds. The lowest BCUT2D eigenvalue weighted by Crippen LogP contribution is -2.39. The second-order valence-electron chi connectivity index (χ2n) is 7.85. The Hall–Kier alpha value is -1.07. The molecular formula is C18H23O4S-. The van der Waals surface area contributed by atoms with Gasteiger partial charge >= 0.3 is 0 Å². The standard InChI is InChI=1S/C18H24O4S/c1-18-9-2-3-17(18)16-6-4-12-11-13(22-23(19,20)21)5-7-14(12)15(16)8-10-18/h5,7,11,15-17H,2-4,6,8-10H2,1H3,(H,19,20,21)/p-1. The molecule has 4 unspecified atom stereocenters. The maximum atomic E-state index is 10.8. The summed E-state index contributed by atoms with van der Waals surface area (Å²) < 4.78 is 36.8. The molecule has 0 saturated heterocycles. The highest BCUT2D eigenvalue weighted by molar-refractivity contribution is 7.81. The van der Waals surface area contributed by atoms with Gasteiger partial charge in [0, 0.05) is 0 Å². The molecular weight excluding hydrogens is 312 g/mol. The Bertz CT molecular complexity index is 727. The van der Waals surface area contributed by atoms with Crippen molar-refractivity contribution in [3.05, 3.63) is 29.3 Å². The molecule has 0 aliphatic heterocycles. The van der Waals surface area contributed by atoms with Crippen molar-refractivity contribution in [1.82, 2.24) is 0 Å². The molecule has 23 heavy (non-hydrogen) atoms. The quantitative estimate of drug-likeness (QED) is 0.609. The van der Waals surface area contributed by atoms with E-state index in [0.29, 0.717) is 11.3 Å². The van der Waals surface area contributed by atoms with Gasteiger partial charge in [0.2, 0.25) is 0 Å². The number of rotatable bonds is 2. The monoisotopic (exact) mass is 335 g/mol. The van der Waals surface area contributed by atoms with Crippen LogP contribution in [0.5, 0.6) is 5.75 Å². The smallest absolute Gasteiger partial charge is 0.262 e. The first-order valence-corrected chi connectivity index (χ1v) is 9.97. The molecule has 2 saturated carbocycles. The first kappa shape index (κ1) is 15.5. The van der Waals surface area contributed by atoms with Crippen LogP contribution in [0.4, 0.5) is 0 Å². The van der Waals surface area contributed by atoms with Gasteiger partial charge in [0.25, 0.3) is 10.4 Å². The number of aryl methyl sites for hydroxylation is 1. The van der Waals surface area contributed by atoms with Crippen LogP contribution in [-0.4, -0.2) is 13.0 Å². The van der Waals surface area contributed by atoms with Crippen LogP contribution in [0.3, 0.4) is 0 Å². The van der Waals surface area contributed by atoms with Gasteiger partial charge in [0.15, 0.2) is 0 Å². The Morgan fingerprint density at radius 1 is 1.22 bits per heavy atom. The topological polar surface area (TPSA) is 66.4 Å². The van der Waals surface area contributed by atoms with Gasteiger partial charge in [0.1, 0.15) is 5.75 Å². The summed E-state index contributed by atoms with van der Waals surface area (Å²) in [6.07, 6.45) is 8.76. The van der Waals surface area contributed by atoms with Crippen LogP contribution in [0.1, 0.15) is 62.5 Å². The van der Waals surface area contributed by atoms with Crippen LogP contribution in [0, 0.1) is 17.3 Å². The summed E-state index contributed by atoms with van der Waals surface area (Å²) in [4.78, 5) is 0. The maximum absolute atomic E-state index is 10.8. The minimum Gasteiger partial charge on any atom is -0.716 e. The molecule has 0 bridgehead atoms. The molecule has 4 nitrogen and oxygen atoms in total. The molecule has 0 aromatic heterocycles. The number of fused-ring (bicyclic) bond motifs is 5. The van der Waals surface area contributed by atoms with Crippen molar-refractivity contribution in [1.29, 1.82) is 0 Å². The number of benzene rings is 1. The molecule has 2 fully saturated rings. The van der Waals surface area contributed by atoms with Gasteiger partial charge in [-0.15, -0.1) is 0 Å². The lowest BCUT2D eigenvalue weighted by molar-refractivity contribution is 0.0598. The molecule has 0 heterocycles. The molecule has 0 radical (unpaired) electrons. The van der Waals surface area contributed by atoms with Crippen molar-refractivity contribution in [2.24, 2.45) is 17.3 Å². The van der Waals surface area contributed by atoms with Crippen LogP contribution < -0.4 is 4.18 Å². The average Bonchev–Trinajstić information content (AvgIpc) is 2.86. The fourth-order valence-electron chi connectivity index (χ4n) is 5.72. The van der Waals surface area contributed by atoms with Gasteiger partial charge in [-0.25, -0.2) is 8.42 Å². The molecule has 0 N–H and O–H groups in total. The van der Waals surface area contributed by atoms with Gasteiger partial charge < -0.3 is 8.74 Å². The van der Waals surface area contributed by atoms with Crippen LogP contribution in [0.25, 0.3) is 0 Å². The molecule has 1 aromatic rings. The van der Waals surface area contributed by atoms with E-state index in [1.165, 1.54) is 44.1 Å². The highest BCUT2D eigenvalue weighted by Crippen LogP contribution is 2.60.